The van der Waals surface area contributed by atoms with E-state index in [0.29, 0.717) is 50.5 Å². The van der Waals surface area contributed by atoms with Crippen molar-refractivity contribution in [3.05, 3.63) is 29.3 Å². The van der Waals surface area contributed by atoms with Crippen LogP contribution in [0.4, 0.5) is 0 Å². The van der Waals surface area contributed by atoms with Crippen LogP contribution in [-0.2, 0) is 37.2 Å². The highest BCUT2D eigenvalue weighted by atomic mass is 32.2. The van der Waals surface area contributed by atoms with Crippen molar-refractivity contribution >= 4 is 21.9 Å². The largest absolute Gasteiger partial charge is 0.466 e. The van der Waals surface area contributed by atoms with Crippen molar-refractivity contribution < 1.29 is 22.7 Å². The fourth-order valence-electron chi connectivity index (χ4n) is 5.25. The number of benzene rings is 1. The highest BCUT2D eigenvalue weighted by Crippen LogP contribution is 2.29. The van der Waals surface area contributed by atoms with Crippen molar-refractivity contribution in [1.82, 2.24) is 9.21 Å². The zero-order chi connectivity index (χ0) is 22.7. The maximum Gasteiger partial charge on any atom is 0.310 e. The monoisotopic (exact) mass is 462 g/mol. The molecule has 2 aliphatic heterocycles. The minimum atomic E-state index is -3.55. The number of esters is 1. The first-order valence-corrected chi connectivity index (χ1v) is 13.4. The molecule has 0 spiro atoms. The summed E-state index contributed by atoms with van der Waals surface area (Å²) in [5.41, 5.74) is 2.42. The Bertz CT molecular complexity index is 953. The molecule has 1 amide bonds. The summed E-state index contributed by atoms with van der Waals surface area (Å²) in [5.74, 6) is -0.621. The van der Waals surface area contributed by atoms with Crippen molar-refractivity contribution in [3.63, 3.8) is 0 Å². The minimum absolute atomic E-state index is 0.0461. The van der Waals surface area contributed by atoms with Crippen LogP contribution < -0.4 is 0 Å². The topological polar surface area (TPSA) is 84.0 Å². The first-order valence-electron chi connectivity index (χ1n) is 12.0. The van der Waals surface area contributed by atoms with Crippen LogP contribution in [0.15, 0.2) is 23.1 Å². The van der Waals surface area contributed by atoms with Gasteiger partial charge in [0.15, 0.2) is 0 Å². The Kier molecular flexibility index (Phi) is 7.20. The quantitative estimate of drug-likeness (QED) is 0.629. The summed E-state index contributed by atoms with van der Waals surface area (Å²) in [6.45, 7) is 3.90. The summed E-state index contributed by atoms with van der Waals surface area (Å²) in [5, 5.41) is 0. The molecule has 0 unspecified atom stereocenters. The first-order chi connectivity index (χ1) is 15.4. The van der Waals surface area contributed by atoms with E-state index in [1.165, 1.54) is 9.87 Å². The van der Waals surface area contributed by atoms with E-state index in [1.807, 2.05) is 12.1 Å². The van der Waals surface area contributed by atoms with E-state index in [0.717, 1.165) is 44.1 Å². The van der Waals surface area contributed by atoms with Crippen LogP contribution in [0.3, 0.4) is 0 Å². The molecule has 1 aromatic carbocycles. The van der Waals surface area contributed by atoms with Crippen LogP contribution in [0.2, 0.25) is 0 Å². The van der Waals surface area contributed by atoms with E-state index in [9.17, 15) is 18.0 Å². The Morgan fingerprint density at radius 3 is 2.41 bits per heavy atom. The van der Waals surface area contributed by atoms with Crippen LogP contribution in [0.25, 0.3) is 0 Å². The van der Waals surface area contributed by atoms with E-state index in [1.54, 1.807) is 17.9 Å². The number of hydrogen-bond donors (Lipinski definition) is 0. The minimum Gasteiger partial charge on any atom is -0.466 e. The third-order valence-corrected chi connectivity index (χ3v) is 9.01. The van der Waals surface area contributed by atoms with Crippen molar-refractivity contribution in [2.45, 2.75) is 63.2 Å². The third-order valence-electron chi connectivity index (χ3n) is 7.11. The van der Waals surface area contributed by atoms with Gasteiger partial charge in [-0.15, -0.1) is 0 Å². The Balaban J connectivity index is 1.36. The van der Waals surface area contributed by atoms with Gasteiger partial charge in [-0.1, -0.05) is 6.07 Å². The molecule has 0 saturated carbocycles. The van der Waals surface area contributed by atoms with Gasteiger partial charge in [0.05, 0.1) is 17.4 Å². The molecule has 1 aliphatic carbocycles. The summed E-state index contributed by atoms with van der Waals surface area (Å²) in [6, 6.07) is 5.55. The van der Waals surface area contributed by atoms with E-state index >= 15 is 0 Å². The fourth-order valence-corrected chi connectivity index (χ4v) is 6.77. The number of sulfonamides is 1. The van der Waals surface area contributed by atoms with E-state index < -0.39 is 10.0 Å². The zero-order valence-corrected chi connectivity index (χ0v) is 19.7. The second kappa shape index (κ2) is 9.91. The van der Waals surface area contributed by atoms with E-state index in [-0.39, 0.29) is 23.7 Å². The molecule has 0 radical (unpaired) electrons. The summed E-state index contributed by atoms with van der Waals surface area (Å²) in [7, 11) is -3.55. The van der Waals surface area contributed by atoms with Gasteiger partial charge < -0.3 is 9.64 Å². The summed E-state index contributed by atoms with van der Waals surface area (Å²) < 4.78 is 33.1. The van der Waals surface area contributed by atoms with Crippen LogP contribution in [0.1, 0.15) is 56.6 Å². The Hall–Kier alpha value is -1.93. The number of amides is 1. The summed E-state index contributed by atoms with van der Waals surface area (Å²) >= 11 is 0. The van der Waals surface area contributed by atoms with Crippen molar-refractivity contribution in [3.8, 4) is 0 Å². The predicted molar refractivity (Wildman–Crippen MR) is 121 cm³/mol. The fraction of sp³-hybridized carbons (Fsp3) is 0.667. The maximum absolute atomic E-state index is 13.2. The standard InChI is InChI=1S/C24H34N2O5S/c1-2-31-24(28)21-8-5-13-25(17-21)23(27)19-11-14-26(15-12-19)32(29,30)22-10-9-18-6-3-4-7-20(18)16-22/h9-10,16,19,21H,2-8,11-15,17H2,1H3/t21-/m0/s1. The molecule has 3 aliphatic rings. The number of carbonyl (C=O) groups is 2. The van der Waals surface area contributed by atoms with Crippen LogP contribution in [0.5, 0.6) is 0 Å². The Labute approximate surface area is 191 Å². The number of hydrogen-bond acceptors (Lipinski definition) is 5. The third kappa shape index (κ3) is 4.86. The zero-order valence-electron chi connectivity index (χ0n) is 18.9. The van der Waals surface area contributed by atoms with Gasteiger partial charge in [0.25, 0.3) is 0 Å². The smallest absolute Gasteiger partial charge is 0.310 e. The Morgan fingerprint density at radius 1 is 0.969 bits per heavy atom. The highest BCUT2D eigenvalue weighted by Gasteiger charge is 2.36. The number of aryl methyl sites for hydroxylation is 2. The molecule has 7 nitrogen and oxygen atoms in total. The molecule has 2 fully saturated rings. The highest BCUT2D eigenvalue weighted by molar-refractivity contribution is 7.89. The van der Waals surface area contributed by atoms with Gasteiger partial charge in [-0.25, -0.2) is 8.42 Å². The number of piperidine rings is 2. The molecule has 0 N–H and O–H groups in total. The lowest BCUT2D eigenvalue weighted by atomic mass is 9.92. The summed E-state index contributed by atoms with van der Waals surface area (Å²) in [4.78, 5) is 27.3. The van der Waals surface area contributed by atoms with Gasteiger partial charge in [-0.2, -0.15) is 4.31 Å². The molecule has 32 heavy (non-hydrogen) atoms. The second-order valence-corrected chi connectivity index (χ2v) is 11.1. The van der Waals surface area contributed by atoms with Gasteiger partial charge in [-0.05, 0) is 81.5 Å². The molecule has 2 saturated heterocycles. The van der Waals surface area contributed by atoms with E-state index in [4.69, 9.17) is 4.74 Å². The molecule has 0 bridgehead atoms. The van der Waals surface area contributed by atoms with Gasteiger partial charge in [0, 0.05) is 32.1 Å². The second-order valence-electron chi connectivity index (χ2n) is 9.19. The van der Waals surface area contributed by atoms with Gasteiger partial charge in [-0.3, -0.25) is 9.59 Å². The molecule has 2 heterocycles. The molecule has 1 atom stereocenters. The van der Waals surface area contributed by atoms with Gasteiger partial charge in [0.2, 0.25) is 15.9 Å². The molecular weight excluding hydrogens is 428 g/mol. The number of likely N-dealkylation sites (tertiary alicyclic amines) is 1. The van der Waals surface area contributed by atoms with Gasteiger partial charge in [0.1, 0.15) is 0 Å². The molecule has 1 aromatic rings. The number of nitrogens with zero attached hydrogens (tertiary/aromatic N) is 2. The average Bonchev–Trinajstić information content (AvgIpc) is 2.83. The van der Waals surface area contributed by atoms with Crippen LogP contribution in [-0.4, -0.2) is 62.3 Å². The Morgan fingerprint density at radius 2 is 1.69 bits per heavy atom. The lowest BCUT2D eigenvalue weighted by Crippen LogP contribution is -2.48. The number of fused-ring (bicyclic) bond motifs is 1. The van der Waals surface area contributed by atoms with Crippen molar-refractivity contribution in [2.75, 3.05) is 32.8 Å². The number of ether oxygens (including phenoxy) is 1. The first kappa shape index (κ1) is 23.2. The SMILES string of the molecule is CCOC(=O)[C@H]1CCCN(C(=O)C2CCN(S(=O)(=O)c3ccc4c(c3)CCCC4)CC2)C1. The lowest BCUT2D eigenvalue weighted by molar-refractivity contribution is -0.152. The molecular formula is C24H34N2O5S. The van der Waals surface area contributed by atoms with Crippen LogP contribution >= 0.6 is 0 Å². The predicted octanol–water partition coefficient (Wildman–Crippen LogP) is 2.77. The molecule has 0 aromatic heterocycles. The van der Waals surface area contributed by atoms with Crippen molar-refractivity contribution in [2.24, 2.45) is 11.8 Å². The summed E-state index contributed by atoms with van der Waals surface area (Å²) in [6.07, 6.45) is 6.82. The number of carbonyl (C=O) groups excluding carboxylic acids is 2. The van der Waals surface area contributed by atoms with Gasteiger partial charge >= 0.3 is 5.97 Å². The van der Waals surface area contributed by atoms with E-state index in [2.05, 4.69) is 0 Å². The molecule has 176 valence electrons. The normalized spacial score (nSPS) is 22.9. The lowest BCUT2D eigenvalue weighted by Gasteiger charge is -2.37. The van der Waals surface area contributed by atoms with Crippen molar-refractivity contribution in [1.29, 1.82) is 0 Å². The average molecular weight is 463 g/mol. The molecule has 4 rings (SSSR count). The molecule has 8 heteroatoms. The number of rotatable bonds is 5. The van der Waals surface area contributed by atoms with Crippen LogP contribution in [0, 0.1) is 11.8 Å². The maximum atomic E-state index is 13.2.